The molecule has 1 aliphatic rings. The molecule has 0 spiro atoms. The van der Waals surface area contributed by atoms with Gasteiger partial charge in [0.25, 0.3) is 5.91 Å². The van der Waals surface area contributed by atoms with E-state index in [9.17, 15) is 4.79 Å². The van der Waals surface area contributed by atoms with Gasteiger partial charge in [-0.15, -0.1) is 0 Å². The Morgan fingerprint density at radius 2 is 1.65 bits per heavy atom. The molecule has 0 bridgehead atoms. The smallest absolute Gasteiger partial charge is 0.260 e. The predicted molar refractivity (Wildman–Crippen MR) is 91.3 cm³/mol. The largest absolute Gasteiger partial charge is 0.397 e. The van der Waals surface area contributed by atoms with E-state index in [-0.39, 0.29) is 11.4 Å². The van der Waals surface area contributed by atoms with Gasteiger partial charge in [0.2, 0.25) is 0 Å². The maximum absolute atomic E-state index is 12.8. The maximum Gasteiger partial charge on any atom is 0.260 e. The van der Waals surface area contributed by atoms with Gasteiger partial charge in [0.1, 0.15) is 7.11 Å². The first-order valence-corrected chi connectivity index (χ1v) is 7.59. The normalized spacial score (nSPS) is 15.9. The van der Waals surface area contributed by atoms with Crippen molar-refractivity contribution in [2.75, 3.05) is 7.11 Å². The fourth-order valence-corrected chi connectivity index (χ4v) is 2.86. The third-order valence-electron chi connectivity index (χ3n) is 3.86. The minimum absolute atomic E-state index is 0.0390. The van der Waals surface area contributed by atoms with Gasteiger partial charge in [-0.25, -0.2) is 0 Å². The predicted octanol–water partition coefficient (Wildman–Crippen LogP) is 3.92. The van der Waals surface area contributed by atoms with Crippen LogP contribution in [0, 0.1) is 0 Å². The number of benzene rings is 2. The van der Waals surface area contributed by atoms with Crippen LogP contribution in [0.15, 0.2) is 53.7 Å². The molecule has 1 aliphatic heterocycles. The molecule has 2 aromatic carbocycles. The van der Waals surface area contributed by atoms with Crippen LogP contribution < -0.4 is 0 Å². The molecule has 1 amide bonds. The van der Waals surface area contributed by atoms with Crippen molar-refractivity contribution in [2.24, 2.45) is 5.16 Å². The molecule has 0 saturated carbocycles. The molecule has 0 N–H and O–H groups in total. The zero-order valence-electron chi connectivity index (χ0n) is 13.8. The van der Waals surface area contributed by atoms with Gasteiger partial charge in [-0.2, -0.15) is 0 Å². The van der Waals surface area contributed by atoms with Crippen LogP contribution >= 0.6 is 0 Å². The highest BCUT2D eigenvalue weighted by atomic mass is 16.6. The van der Waals surface area contributed by atoms with E-state index in [1.807, 2.05) is 69.3 Å². The highest BCUT2D eigenvalue weighted by molar-refractivity contribution is 6.24. The SMILES string of the molecule is CO/N=C1\c2cc(-c3ccccc3)ccc2C(=O)N1C(C)(C)C. The zero-order chi connectivity index (χ0) is 16.6. The molecule has 4 nitrogen and oxygen atoms in total. The number of carbonyl (C=O) groups is 1. The fourth-order valence-electron chi connectivity index (χ4n) is 2.86. The van der Waals surface area contributed by atoms with Gasteiger partial charge in [0.15, 0.2) is 5.84 Å². The minimum Gasteiger partial charge on any atom is -0.397 e. The molecule has 4 heteroatoms. The standard InChI is InChI=1S/C19H20N2O2/c1-19(2,3)21-17(20-23-4)16-12-14(10-11-15(16)18(21)22)13-8-6-5-7-9-13/h5-12H,1-4H3/b20-17+. The Labute approximate surface area is 136 Å². The Morgan fingerprint density at radius 3 is 2.26 bits per heavy atom. The van der Waals surface area contributed by atoms with Gasteiger partial charge < -0.3 is 4.84 Å². The van der Waals surface area contributed by atoms with Crippen LogP contribution in [0.5, 0.6) is 0 Å². The van der Waals surface area contributed by atoms with Gasteiger partial charge >= 0.3 is 0 Å². The summed E-state index contributed by atoms with van der Waals surface area (Å²) in [6.45, 7) is 5.96. The van der Waals surface area contributed by atoms with Crippen molar-refractivity contribution in [3.05, 3.63) is 59.7 Å². The van der Waals surface area contributed by atoms with E-state index >= 15 is 0 Å². The first-order chi connectivity index (χ1) is 10.9. The number of amides is 1. The van der Waals surface area contributed by atoms with Crippen molar-refractivity contribution in [1.82, 2.24) is 4.90 Å². The van der Waals surface area contributed by atoms with Crippen LogP contribution in [0.3, 0.4) is 0 Å². The number of fused-ring (bicyclic) bond motifs is 1. The topological polar surface area (TPSA) is 41.9 Å². The summed E-state index contributed by atoms with van der Waals surface area (Å²) in [7, 11) is 1.50. The lowest BCUT2D eigenvalue weighted by atomic mass is 10.0. The summed E-state index contributed by atoms with van der Waals surface area (Å²) < 4.78 is 0. The average molecular weight is 308 g/mol. The van der Waals surface area contributed by atoms with Crippen molar-refractivity contribution in [2.45, 2.75) is 26.3 Å². The number of oxime groups is 1. The molecule has 118 valence electrons. The quantitative estimate of drug-likeness (QED) is 0.789. The number of carbonyl (C=O) groups excluding carboxylic acids is 1. The number of amidine groups is 1. The second-order valence-electron chi connectivity index (χ2n) is 6.54. The van der Waals surface area contributed by atoms with Crippen LogP contribution in [0.1, 0.15) is 36.7 Å². The lowest BCUT2D eigenvalue weighted by Crippen LogP contribution is -2.45. The first kappa shape index (κ1) is 15.3. The van der Waals surface area contributed by atoms with Gasteiger partial charge in [-0.1, -0.05) is 41.6 Å². The second kappa shape index (κ2) is 5.54. The van der Waals surface area contributed by atoms with E-state index < -0.39 is 0 Å². The second-order valence-corrected chi connectivity index (χ2v) is 6.54. The van der Waals surface area contributed by atoms with Crippen LogP contribution in [-0.2, 0) is 4.84 Å². The molecule has 3 rings (SSSR count). The molecule has 0 aliphatic carbocycles. The third kappa shape index (κ3) is 2.61. The van der Waals surface area contributed by atoms with E-state index in [4.69, 9.17) is 4.84 Å². The Bertz CT molecular complexity index is 774. The molecular weight excluding hydrogens is 288 g/mol. The van der Waals surface area contributed by atoms with E-state index in [0.29, 0.717) is 11.4 Å². The Morgan fingerprint density at radius 1 is 0.957 bits per heavy atom. The lowest BCUT2D eigenvalue weighted by molar-refractivity contribution is 0.0756. The molecular formula is C19H20N2O2. The molecule has 0 atom stereocenters. The maximum atomic E-state index is 12.8. The van der Waals surface area contributed by atoms with E-state index in [1.54, 1.807) is 4.90 Å². The van der Waals surface area contributed by atoms with E-state index in [0.717, 1.165) is 16.7 Å². The molecule has 0 fully saturated rings. The summed E-state index contributed by atoms with van der Waals surface area (Å²) in [6, 6.07) is 15.9. The average Bonchev–Trinajstić information content (AvgIpc) is 2.81. The zero-order valence-corrected chi connectivity index (χ0v) is 13.8. The number of rotatable bonds is 2. The van der Waals surface area contributed by atoms with Gasteiger partial charge in [-0.05, 0) is 44.0 Å². The van der Waals surface area contributed by atoms with E-state index in [1.165, 1.54) is 7.11 Å². The van der Waals surface area contributed by atoms with Crippen molar-refractivity contribution in [3.8, 4) is 11.1 Å². The third-order valence-corrected chi connectivity index (χ3v) is 3.86. The summed E-state index contributed by atoms with van der Waals surface area (Å²) in [6.07, 6.45) is 0. The van der Waals surface area contributed by atoms with Gasteiger partial charge in [0, 0.05) is 11.1 Å². The van der Waals surface area contributed by atoms with Crippen LogP contribution in [0.4, 0.5) is 0 Å². The minimum atomic E-state index is -0.375. The summed E-state index contributed by atoms with van der Waals surface area (Å²) in [5.74, 6) is 0.528. The molecule has 1 heterocycles. The molecule has 23 heavy (non-hydrogen) atoms. The van der Waals surface area contributed by atoms with Crippen molar-refractivity contribution in [3.63, 3.8) is 0 Å². The monoisotopic (exact) mass is 308 g/mol. The fraction of sp³-hybridized carbons (Fsp3) is 0.263. The molecule has 0 saturated heterocycles. The first-order valence-electron chi connectivity index (χ1n) is 7.59. The van der Waals surface area contributed by atoms with Crippen molar-refractivity contribution < 1.29 is 9.63 Å². The summed E-state index contributed by atoms with van der Waals surface area (Å²) in [5, 5.41) is 4.12. The summed E-state index contributed by atoms with van der Waals surface area (Å²) in [5.41, 5.74) is 3.26. The van der Waals surface area contributed by atoms with Crippen molar-refractivity contribution in [1.29, 1.82) is 0 Å². The Balaban J connectivity index is 2.15. The van der Waals surface area contributed by atoms with Crippen LogP contribution in [0.2, 0.25) is 0 Å². The lowest BCUT2D eigenvalue weighted by Gasteiger charge is -2.31. The summed E-state index contributed by atoms with van der Waals surface area (Å²) in [4.78, 5) is 19.5. The number of hydrogen-bond acceptors (Lipinski definition) is 3. The molecule has 2 aromatic rings. The van der Waals surface area contributed by atoms with Crippen molar-refractivity contribution >= 4 is 11.7 Å². The summed E-state index contributed by atoms with van der Waals surface area (Å²) >= 11 is 0. The number of nitrogens with zero attached hydrogens (tertiary/aromatic N) is 2. The van der Waals surface area contributed by atoms with E-state index in [2.05, 4.69) is 5.16 Å². The van der Waals surface area contributed by atoms with Gasteiger partial charge in [-0.3, -0.25) is 9.69 Å². The van der Waals surface area contributed by atoms with Crippen LogP contribution in [-0.4, -0.2) is 29.3 Å². The van der Waals surface area contributed by atoms with Crippen LogP contribution in [0.25, 0.3) is 11.1 Å². The Hall–Kier alpha value is -2.62. The highest BCUT2D eigenvalue weighted by Crippen LogP contribution is 2.33. The molecule has 0 aromatic heterocycles. The molecule has 0 radical (unpaired) electrons. The Kier molecular flexibility index (Phi) is 3.68. The van der Waals surface area contributed by atoms with Gasteiger partial charge in [0.05, 0.1) is 5.56 Å². The number of hydrogen-bond donors (Lipinski definition) is 0. The molecule has 0 unspecified atom stereocenters. The highest BCUT2D eigenvalue weighted by Gasteiger charge is 2.41.